The van der Waals surface area contributed by atoms with E-state index in [2.05, 4.69) is 5.32 Å². The second-order valence-electron chi connectivity index (χ2n) is 6.63. The molecule has 0 aromatic heterocycles. The van der Waals surface area contributed by atoms with Gasteiger partial charge in [-0.1, -0.05) is 19.1 Å². The Kier molecular flexibility index (Phi) is 8.22. The number of likely N-dealkylation sites (tertiary alicyclic amines) is 1. The first-order valence-corrected chi connectivity index (χ1v) is 8.40. The van der Waals surface area contributed by atoms with E-state index in [0.717, 1.165) is 50.2 Å². The van der Waals surface area contributed by atoms with Crippen LogP contribution in [0.3, 0.4) is 0 Å². The zero-order valence-electron chi connectivity index (χ0n) is 14.6. The van der Waals surface area contributed by atoms with Crippen molar-refractivity contribution in [3.05, 3.63) is 35.4 Å². The summed E-state index contributed by atoms with van der Waals surface area (Å²) in [5, 5.41) is 3.15. The van der Waals surface area contributed by atoms with Gasteiger partial charge in [0.15, 0.2) is 0 Å². The number of carbonyl (C=O) groups excluding carboxylic acids is 1. The van der Waals surface area contributed by atoms with Crippen molar-refractivity contribution in [3.8, 4) is 0 Å². The van der Waals surface area contributed by atoms with Gasteiger partial charge in [-0.25, -0.2) is 0 Å². The fourth-order valence-electron chi connectivity index (χ4n) is 3.26. The van der Waals surface area contributed by atoms with Crippen LogP contribution in [0.15, 0.2) is 24.3 Å². The average Bonchev–Trinajstić information content (AvgIpc) is 2.54. The van der Waals surface area contributed by atoms with Crippen LogP contribution >= 0.6 is 12.4 Å². The largest absolute Gasteiger partial charge is 0.416 e. The van der Waals surface area contributed by atoms with Crippen LogP contribution < -0.4 is 5.32 Å². The first-order valence-electron chi connectivity index (χ1n) is 8.40. The van der Waals surface area contributed by atoms with Crippen LogP contribution in [0.1, 0.15) is 43.2 Å². The molecule has 142 valence electrons. The van der Waals surface area contributed by atoms with E-state index in [9.17, 15) is 18.0 Å². The highest BCUT2D eigenvalue weighted by Crippen LogP contribution is 2.31. The van der Waals surface area contributed by atoms with Gasteiger partial charge < -0.3 is 10.2 Å². The molecule has 1 aliphatic heterocycles. The molecule has 1 N–H and O–H groups in total. The maximum atomic E-state index is 12.6. The van der Waals surface area contributed by atoms with Crippen LogP contribution in [0.5, 0.6) is 0 Å². The van der Waals surface area contributed by atoms with E-state index in [1.165, 1.54) is 12.1 Å². The Morgan fingerprint density at radius 2 is 1.96 bits per heavy atom. The summed E-state index contributed by atoms with van der Waals surface area (Å²) in [6, 6.07) is 5.11. The Bertz CT molecular complexity index is 546. The van der Waals surface area contributed by atoms with Gasteiger partial charge in [0.05, 0.1) is 5.56 Å². The second-order valence-corrected chi connectivity index (χ2v) is 6.63. The van der Waals surface area contributed by atoms with Crippen molar-refractivity contribution in [3.63, 3.8) is 0 Å². The molecule has 0 spiro atoms. The number of rotatable bonds is 5. The maximum Gasteiger partial charge on any atom is 0.416 e. The van der Waals surface area contributed by atoms with Crippen molar-refractivity contribution < 1.29 is 18.0 Å². The van der Waals surface area contributed by atoms with Gasteiger partial charge in [-0.05, 0) is 56.0 Å². The van der Waals surface area contributed by atoms with Crippen LogP contribution in [0, 0.1) is 5.92 Å². The Labute approximate surface area is 153 Å². The lowest BCUT2D eigenvalue weighted by Crippen LogP contribution is -2.42. The molecule has 3 nitrogen and oxygen atoms in total. The van der Waals surface area contributed by atoms with Crippen LogP contribution in [0.25, 0.3) is 0 Å². The van der Waals surface area contributed by atoms with Gasteiger partial charge in [-0.2, -0.15) is 13.2 Å². The third-order valence-corrected chi connectivity index (χ3v) is 4.65. The van der Waals surface area contributed by atoms with Gasteiger partial charge in [-0.15, -0.1) is 12.4 Å². The summed E-state index contributed by atoms with van der Waals surface area (Å²) in [6.45, 7) is 4.33. The zero-order chi connectivity index (χ0) is 17.7. The smallest absolute Gasteiger partial charge is 0.342 e. The van der Waals surface area contributed by atoms with Crippen LogP contribution in [-0.4, -0.2) is 37.5 Å². The van der Waals surface area contributed by atoms with Gasteiger partial charge in [-0.3, -0.25) is 4.79 Å². The van der Waals surface area contributed by atoms with E-state index < -0.39 is 11.7 Å². The van der Waals surface area contributed by atoms with Crippen molar-refractivity contribution in [1.29, 1.82) is 0 Å². The lowest BCUT2D eigenvalue weighted by atomic mass is 9.94. The first kappa shape index (κ1) is 21.8. The van der Waals surface area contributed by atoms with Crippen molar-refractivity contribution in [1.82, 2.24) is 10.2 Å². The molecule has 1 amide bonds. The molecule has 0 bridgehead atoms. The van der Waals surface area contributed by atoms with Crippen LogP contribution in [0.2, 0.25) is 0 Å². The number of alkyl halides is 3. The van der Waals surface area contributed by atoms with E-state index in [1.54, 1.807) is 0 Å². The topological polar surface area (TPSA) is 32.3 Å². The first-order chi connectivity index (χ1) is 11.3. The number of hydrogen-bond acceptors (Lipinski definition) is 2. The molecule has 7 heteroatoms. The number of nitrogens with one attached hydrogen (secondary N) is 1. The van der Waals surface area contributed by atoms with E-state index in [4.69, 9.17) is 0 Å². The lowest BCUT2D eigenvalue weighted by molar-refractivity contribution is -0.137. The number of amides is 1. The standard InChI is InChI=1S/C18H25F3N2O.ClH/c1-13(15-5-7-16(8-6-15)18(19,20)21)10-17(24)23-9-3-4-14(12-23)11-22-2;/h5-8,13-14,22H,3-4,9-12H2,1-2H3;1H. The summed E-state index contributed by atoms with van der Waals surface area (Å²) < 4.78 is 37.8. The van der Waals surface area contributed by atoms with E-state index in [1.807, 2.05) is 18.9 Å². The molecule has 1 saturated heterocycles. The molecule has 2 rings (SSSR count). The molecule has 1 aromatic carbocycles. The monoisotopic (exact) mass is 378 g/mol. The Hall–Kier alpha value is -1.27. The third-order valence-electron chi connectivity index (χ3n) is 4.65. The summed E-state index contributed by atoms with van der Waals surface area (Å²) in [4.78, 5) is 14.4. The Morgan fingerprint density at radius 1 is 1.32 bits per heavy atom. The summed E-state index contributed by atoms with van der Waals surface area (Å²) in [6.07, 6.45) is -1.86. The molecule has 0 aliphatic carbocycles. The van der Waals surface area contributed by atoms with Crippen molar-refractivity contribution >= 4 is 18.3 Å². The summed E-state index contributed by atoms with van der Waals surface area (Å²) in [5.74, 6) is 0.474. The Balaban J connectivity index is 0.00000312. The highest BCUT2D eigenvalue weighted by Gasteiger charge is 2.30. The zero-order valence-corrected chi connectivity index (χ0v) is 15.4. The van der Waals surface area contributed by atoms with Crippen molar-refractivity contribution in [2.75, 3.05) is 26.7 Å². The SMILES string of the molecule is CNCC1CCCN(C(=O)CC(C)c2ccc(C(F)(F)F)cc2)C1.Cl. The maximum absolute atomic E-state index is 12.6. The molecule has 2 unspecified atom stereocenters. The van der Waals surface area contributed by atoms with Gasteiger partial charge >= 0.3 is 6.18 Å². The van der Waals surface area contributed by atoms with Gasteiger partial charge in [0.1, 0.15) is 0 Å². The summed E-state index contributed by atoms with van der Waals surface area (Å²) in [5.41, 5.74) is 0.107. The fraction of sp³-hybridized carbons (Fsp3) is 0.611. The molecule has 1 heterocycles. The minimum absolute atomic E-state index is 0. The third kappa shape index (κ3) is 6.19. The molecule has 25 heavy (non-hydrogen) atoms. The van der Waals surface area contributed by atoms with Crippen molar-refractivity contribution in [2.24, 2.45) is 5.92 Å². The van der Waals surface area contributed by atoms with E-state index in [-0.39, 0.29) is 24.2 Å². The van der Waals surface area contributed by atoms with Crippen LogP contribution in [0.4, 0.5) is 13.2 Å². The van der Waals surface area contributed by atoms with E-state index in [0.29, 0.717) is 12.3 Å². The number of piperidine rings is 1. The molecule has 1 aromatic rings. The highest BCUT2D eigenvalue weighted by atomic mass is 35.5. The van der Waals surface area contributed by atoms with Gasteiger partial charge in [0, 0.05) is 19.5 Å². The highest BCUT2D eigenvalue weighted by molar-refractivity contribution is 5.85. The molecule has 1 aliphatic rings. The molecular weight excluding hydrogens is 353 g/mol. The molecule has 0 saturated carbocycles. The fourth-order valence-corrected chi connectivity index (χ4v) is 3.26. The molecule has 0 radical (unpaired) electrons. The average molecular weight is 379 g/mol. The summed E-state index contributed by atoms with van der Waals surface area (Å²) in [7, 11) is 1.91. The Morgan fingerprint density at radius 3 is 2.52 bits per heavy atom. The normalized spacial score (nSPS) is 19.2. The molecule has 2 atom stereocenters. The van der Waals surface area contributed by atoms with Gasteiger partial charge in [0.2, 0.25) is 5.91 Å². The minimum Gasteiger partial charge on any atom is -0.342 e. The van der Waals surface area contributed by atoms with E-state index >= 15 is 0 Å². The number of benzene rings is 1. The van der Waals surface area contributed by atoms with Gasteiger partial charge in [0.25, 0.3) is 0 Å². The molecular formula is C18H26ClF3N2O. The number of nitrogens with zero attached hydrogens (tertiary/aromatic N) is 1. The quantitative estimate of drug-likeness (QED) is 0.837. The second kappa shape index (κ2) is 9.43. The predicted molar refractivity (Wildman–Crippen MR) is 95.0 cm³/mol. The minimum atomic E-state index is -4.33. The number of hydrogen-bond donors (Lipinski definition) is 1. The van der Waals surface area contributed by atoms with Crippen LogP contribution in [-0.2, 0) is 11.0 Å². The summed E-state index contributed by atoms with van der Waals surface area (Å²) >= 11 is 0. The lowest BCUT2D eigenvalue weighted by Gasteiger charge is -2.33. The predicted octanol–water partition coefficient (Wildman–Crippen LogP) is 4.08. The number of halogens is 4. The molecule has 1 fully saturated rings. The number of carbonyl (C=O) groups is 1. The van der Waals surface area contributed by atoms with Crippen molar-refractivity contribution in [2.45, 2.75) is 38.3 Å².